The van der Waals surface area contributed by atoms with Crippen LogP contribution in [-0.2, 0) is 0 Å². The summed E-state index contributed by atoms with van der Waals surface area (Å²) >= 11 is 0. The highest BCUT2D eigenvalue weighted by molar-refractivity contribution is 5.59. The molecule has 1 atom stereocenters. The van der Waals surface area contributed by atoms with Gasteiger partial charge < -0.3 is 15.4 Å². The lowest BCUT2D eigenvalue weighted by Gasteiger charge is -2.14. The van der Waals surface area contributed by atoms with Crippen molar-refractivity contribution in [3.63, 3.8) is 0 Å². The molecule has 4 nitrogen and oxygen atoms in total. The van der Waals surface area contributed by atoms with Crippen LogP contribution in [0.3, 0.4) is 0 Å². The van der Waals surface area contributed by atoms with Crippen LogP contribution >= 0.6 is 0 Å². The van der Waals surface area contributed by atoms with Gasteiger partial charge in [-0.2, -0.15) is 0 Å². The molecule has 0 saturated carbocycles. The van der Waals surface area contributed by atoms with Crippen LogP contribution in [0.15, 0.2) is 42.5 Å². The van der Waals surface area contributed by atoms with Gasteiger partial charge in [0.15, 0.2) is 0 Å². The Morgan fingerprint density at radius 3 is 2.62 bits per heavy atom. The van der Waals surface area contributed by atoms with Gasteiger partial charge >= 0.3 is 0 Å². The Labute approximate surface area is 126 Å². The molecule has 1 aromatic carbocycles. The third-order valence-electron chi connectivity index (χ3n) is 3.13. The van der Waals surface area contributed by atoms with Gasteiger partial charge in [0.25, 0.3) is 0 Å². The maximum Gasteiger partial charge on any atom is 0.132 e. The Morgan fingerprint density at radius 2 is 1.86 bits per heavy atom. The molecule has 0 radical (unpaired) electrons. The fourth-order valence-electron chi connectivity index (χ4n) is 1.89. The molecule has 4 heteroatoms. The quantitative estimate of drug-likeness (QED) is 0.789. The van der Waals surface area contributed by atoms with Crippen molar-refractivity contribution in [2.24, 2.45) is 0 Å². The molecule has 112 valence electrons. The minimum absolute atomic E-state index is 0.218. The summed E-state index contributed by atoms with van der Waals surface area (Å²) in [6.45, 7) is 7.09. The third-order valence-corrected chi connectivity index (χ3v) is 3.13. The highest BCUT2D eigenvalue weighted by Crippen LogP contribution is 2.22. The molecule has 2 rings (SSSR count). The van der Waals surface area contributed by atoms with Crippen LogP contribution in [0, 0.1) is 0 Å². The van der Waals surface area contributed by atoms with E-state index in [1.165, 1.54) is 0 Å². The summed E-state index contributed by atoms with van der Waals surface area (Å²) < 4.78 is 5.83. The number of aromatic nitrogens is 1. The monoisotopic (exact) mass is 285 g/mol. The van der Waals surface area contributed by atoms with Crippen molar-refractivity contribution in [3.05, 3.63) is 42.5 Å². The lowest BCUT2D eigenvalue weighted by molar-refractivity contribution is 0.217. The van der Waals surface area contributed by atoms with Crippen molar-refractivity contribution < 1.29 is 4.74 Å². The van der Waals surface area contributed by atoms with Crippen molar-refractivity contribution in [2.75, 3.05) is 17.2 Å². The van der Waals surface area contributed by atoms with Crippen LogP contribution in [0.25, 0.3) is 0 Å². The Morgan fingerprint density at radius 1 is 1.10 bits per heavy atom. The zero-order valence-corrected chi connectivity index (χ0v) is 12.9. The Bertz CT molecular complexity index is 571. The first-order chi connectivity index (χ1) is 10.2. The van der Waals surface area contributed by atoms with Gasteiger partial charge in [0, 0.05) is 18.3 Å². The summed E-state index contributed by atoms with van der Waals surface area (Å²) in [6.07, 6.45) is 1.21. The molecule has 0 amide bonds. The van der Waals surface area contributed by atoms with E-state index in [0.29, 0.717) is 0 Å². The third kappa shape index (κ3) is 4.67. The molecular formula is C17H23N3O. The zero-order valence-electron chi connectivity index (χ0n) is 12.9. The SMILES string of the molecule is CCNc1cccc(Nc2cccc(OC(C)CC)c2)n1. The summed E-state index contributed by atoms with van der Waals surface area (Å²) in [4.78, 5) is 4.50. The minimum atomic E-state index is 0.218. The average molecular weight is 285 g/mol. The van der Waals surface area contributed by atoms with E-state index >= 15 is 0 Å². The molecule has 21 heavy (non-hydrogen) atoms. The fraction of sp³-hybridized carbons (Fsp3) is 0.353. The van der Waals surface area contributed by atoms with Gasteiger partial charge in [-0.1, -0.05) is 19.1 Å². The molecule has 1 aromatic heterocycles. The highest BCUT2D eigenvalue weighted by atomic mass is 16.5. The maximum atomic E-state index is 5.83. The van der Waals surface area contributed by atoms with E-state index in [-0.39, 0.29) is 6.10 Å². The number of ether oxygens (including phenoxy) is 1. The van der Waals surface area contributed by atoms with Gasteiger partial charge in [0.05, 0.1) is 6.10 Å². The molecule has 0 saturated heterocycles. The van der Waals surface area contributed by atoms with Crippen LogP contribution in [0.2, 0.25) is 0 Å². The normalized spacial score (nSPS) is 11.8. The molecular weight excluding hydrogens is 262 g/mol. The van der Waals surface area contributed by atoms with E-state index in [9.17, 15) is 0 Å². The Kier molecular flexibility index (Phi) is 5.43. The molecule has 1 heterocycles. The van der Waals surface area contributed by atoms with Crippen LogP contribution < -0.4 is 15.4 Å². The van der Waals surface area contributed by atoms with Crippen LogP contribution in [0.5, 0.6) is 5.75 Å². The first-order valence-electron chi connectivity index (χ1n) is 7.46. The van der Waals surface area contributed by atoms with Crippen molar-refractivity contribution in [1.29, 1.82) is 0 Å². The van der Waals surface area contributed by atoms with E-state index in [4.69, 9.17) is 4.74 Å². The molecule has 0 aliphatic heterocycles. The van der Waals surface area contributed by atoms with E-state index in [2.05, 4.69) is 36.4 Å². The van der Waals surface area contributed by atoms with Crippen LogP contribution in [-0.4, -0.2) is 17.6 Å². The Balaban J connectivity index is 2.08. The first kappa shape index (κ1) is 15.2. The standard InChI is InChI=1S/C17H23N3O/c1-4-13(3)21-15-9-6-8-14(12-15)19-17-11-7-10-16(20-17)18-5-2/h6-13H,4-5H2,1-3H3,(H2,18,19,20). The van der Waals surface area contributed by atoms with E-state index in [1.807, 2.05) is 42.5 Å². The number of benzene rings is 1. The molecule has 0 fully saturated rings. The van der Waals surface area contributed by atoms with Gasteiger partial charge in [-0.3, -0.25) is 0 Å². The molecule has 2 aromatic rings. The number of nitrogens with zero attached hydrogens (tertiary/aromatic N) is 1. The van der Waals surface area contributed by atoms with Gasteiger partial charge in [-0.15, -0.1) is 0 Å². The highest BCUT2D eigenvalue weighted by Gasteiger charge is 2.03. The van der Waals surface area contributed by atoms with Crippen molar-refractivity contribution >= 4 is 17.3 Å². The van der Waals surface area contributed by atoms with E-state index < -0.39 is 0 Å². The largest absolute Gasteiger partial charge is 0.491 e. The number of anilines is 3. The molecule has 0 aliphatic carbocycles. The predicted octanol–water partition coefficient (Wildman–Crippen LogP) is 4.43. The molecule has 2 N–H and O–H groups in total. The minimum Gasteiger partial charge on any atom is -0.491 e. The van der Waals surface area contributed by atoms with Gasteiger partial charge in [-0.05, 0) is 44.5 Å². The molecule has 1 unspecified atom stereocenters. The first-order valence-corrected chi connectivity index (χ1v) is 7.46. The number of pyridine rings is 1. The van der Waals surface area contributed by atoms with E-state index in [1.54, 1.807) is 0 Å². The lowest BCUT2D eigenvalue weighted by atomic mass is 10.2. The summed E-state index contributed by atoms with van der Waals surface area (Å²) in [5, 5.41) is 6.51. The van der Waals surface area contributed by atoms with Gasteiger partial charge in [-0.25, -0.2) is 4.98 Å². The summed E-state index contributed by atoms with van der Waals surface area (Å²) in [7, 11) is 0. The van der Waals surface area contributed by atoms with Crippen molar-refractivity contribution in [3.8, 4) is 5.75 Å². The number of rotatable bonds is 7. The lowest BCUT2D eigenvalue weighted by Crippen LogP contribution is -2.09. The molecule has 0 aliphatic rings. The van der Waals surface area contributed by atoms with E-state index in [0.717, 1.165) is 36.0 Å². The topological polar surface area (TPSA) is 46.2 Å². The second kappa shape index (κ2) is 7.53. The summed E-state index contributed by atoms with van der Waals surface area (Å²) in [6, 6.07) is 13.8. The van der Waals surface area contributed by atoms with Crippen LogP contribution in [0.1, 0.15) is 27.2 Å². The van der Waals surface area contributed by atoms with Crippen LogP contribution in [0.4, 0.5) is 17.3 Å². The maximum absolute atomic E-state index is 5.83. The second-order valence-electron chi connectivity index (χ2n) is 4.93. The van der Waals surface area contributed by atoms with Gasteiger partial charge in [0.2, 0.25) is 0 Å². The van der Waals surface area contributed by atoms with Gasteiger partial charge in [0.1, 0.15) is 17.4 Å². The second-order valence-corrected chi connectivity index (χ2v) is 4.93. The fourth-order valence-corrected chi connectivity index (χ4v) is 1.89. The van der Waals surface area contributed by atoms with Crippen molar-refractivity contribution in [2.45, 2.75) is 33.3 Å². The number of hydrogen-bond donors (Lipinski definition) is 2. The Hall–Kier alpha value is -2.23. The zero-order chi connectivity index (χ0) is 15.1. The number of hydrogen-bond acceptors (Lipinski definition) is 4. The summed E-state index contributed by atoms with van der Waals surface area (Å²) in [5.41, 5.74) is 0.969. The average Bonchev–Trinajstić information content (AvgIpc) is 2.48. The van der Waals surface area contributed by atoms with Crippen molar-refractivity contribution in [1.82, 2.24) is 4.98 Å². The smallest absolute Gasteiger partial charge is 0.132 e. The summed E-state index contributed by atoms with van der Waals surface area (Å²) in [5.74, 6) is 2.56. The predicted molar refractivity (Wildman–Crippen MR) is 88.5 cm³/mol. The molecule has 0 bridgehead atoms. The number of nitrogens with one attached hydrogen (secondary N) is 2. The molecule has 0 spiro atoms.